The smallest absolute Gasteiger partial charge is 0.330 e. The van der Waals surface area contributed by atoms with Crippen molar-refractivity contribution in [3.63, 3.8) is 0 Å². The molecule has 1 aromatic heterocycles. The number of hydrogen-bond donors (Lipinski definition) is 3. The van der Waals surface area contributed by atoms with E-state index in [1.165, 1.54) is 7.11 Å². The molecule has 0 amide bonds. The molecule has 1 fully saturated rings. The van der Waals surface area contributed by atoms with Gasteiger partial charge in [-0.1, -0.05) is 6.92 Å². The summed E-state index contributed by atoms with van der Waals surface area (Å²) < 4.78 is 10.9. The molecule has 2 heterocycles. The summed E-state index contributed by atoms with van der Waals surface area (Å²) in [5.41, 5.74) is -1.52. The molecule has 2 rings (SSSR count). The lowest BCUT2D eigenvalue weighted by Crippen LogP contribution is -2.39. The van der Waals surface area contributed by atoms with Gasteiger partial charge in [0.25, 0.3) is 5.56 Å². The van der Waals surface area contributed by atoms with Crippen LogP contribution < -0.4 is 11.2 Å². The van der Waals surface area contributed by atoms with Crippen LogP contribution in [0.3, 0.4) is 0 Å². The van der Waals surface area contributed by atoms with E-state index < -0.39 is 41.8 Å². The predicted octanol–water partition coefficient (Wildman–Crippen LogP) is -1.72. The molecule has 3 N–H and O–H groups in total. The van der Waals surface area contributed by atoms with Crippen LogP contribution in [-0.2, 0) is 20.7 Å². The lowest BCUT2D eigenvalue weighted by atomic mass is 10.1. The average Bonchev–Trinajstić information content (AvgIpc) is 2.77. The molecule has 9 heteroatoms. The van der Waals surface area contributed by atoms with Crippen molar-refractivity contribution in [3.05, 3.63) is 32.6 Å². The van der Waals surface area contributed by atoms with Crippen LogP contribution in [0.5, 0.6) is 0 Å². The van der Waals surface area contributed by atoms with Crippen LogP contribution in [0, 0.1) is 0 Å². The molecule has 0 aliphatic carbocycles. The van der Waals surface area contributed by atoms with Crippen molar-refractivity contribution in [1.82, 2.24) is 9.55 Å². The lowest BCUT2D eigenvalue weighted by molar-refractivity contribution is -0.139. The van der Waals surface area contributed by atoms with Crippen molar-refractivity contribution in [2.75, 3.05) is 7.11 Å². The van der Waals surface area contributed by atoms with Crippen LogP contribution in [0.4, 0.5) is 0 Å². The Kier molecular flexibility index (Phi) is 4.79. The van der Waals surface area contributed by atoms with Crippen LogP contribution >= 0.6 is 0 Å². The third-order valence-electron chi connectivity index (χ3n) is 3.62. The van der Waals surface area contributed by atoms with Gasteiger partial charge in [-0.3, -0.25) is 19.1 Å². The molecule has 0 aromatic carbocycles. The van der Waals surface area contributed by atoms with Gasteiger partial charge in [0.05, 0.1) is 19.6 Å². The maximum absolute atomic E-state index is 11.9. The second-order valence-corrected chi connectivity index (χ2v) is 5.03. The summed E-state index contributed by atoms with van der Waals surface area (Å²) in [5, 5.41) is 19.9. The monoisotopic (exact) mass is 314 g/mol. The highest BCUT2D eigenvalue weighted by Gasteiger charge is 2.43. The van der Waals surface area contributed by atoms with Gasteiger partial charge in [0.2, 0.25) is 0 Å². The Morgan fingerprint density at radius 3 is 2.64 bits per heavy atom. The first-order chi connectivity index (χ1) is 10.4. The molecule has 0 radical (unpaired) electrons. The summed E-state index contributed by atoms with van der Waals surface area (Å²) in [4.78, 5) is 36.9. The highest BCUT2D eigenvalue weighted by Crippen LogP contribution is 2.29. The first-order valence-electron chi connectivity index (χ1n) is 6.81. The van der Waals surface area contributed by atoms with Crippen LogP contribution in [-0.4, -0.2) is 51.2 Å². The fourth-order valence-corrected chi connectivity index (χ4v) is 2.37. The number of hydrogen-bond acceptors (Lipinski definition) is 7. The molecule has 0 bridgehead atoms. The number of nitrogens with one attached hydrogen (secondary N) is 1. The molecule has 1 saturated heterocycles. The van der Waals surface area contributed by atoms with Gasteiger partial charge in [-0.2, -0.15) is 0 Å². The number of methoxy groups -OCH3 is 1. The molecule has 22 heavy (non-hydrogen) atoms. The van der Waals surface area contributed by atoms with Gasteiger partial charge in [0.1, 0.15) is 12.2 Å². The fraction of sp³-hybridized carbons (Fsp3) is 0.615. The van der Waals surface area contributed by atoms with Gasteiger partial charge in [0.15, 0.2) is 6.23 Å². The van der Waals surface area contributed by atoms with Crippen molar-refractivity contribution in [3.8, 4) is 0 Å². The number of ether oxygens (including phenoxy) is 2. The third-order valence-corrected chi connectivity index (χ3v) is 3.62. The molecule has 1 unspecified atom stereocenters. The number of esters is 1. The minimum absolute atomic E-state index is 0.00307. The molecule has 4 atom stereocenters. The van der Waals surface area contributed by atoms with Crippen molar-refractivity contribution in [2.45, 2.75) is 44.3 Å². The zero-order valence-corrected chi connectivity index (χ0v) is 12.2. The number of rotatable bonds is 4. The molecule has 122 valence electrons. The Bertz CT molecular complexity index is 665. The summed E-state index contributed by atoms with van der Waals surface area (Å²) in [7, 11) is 1.18. The number of carbonyl (C=O) groups is 1. The standard InChI is InChI=1S/C13H18N2O7/c1-3-7-9(17)10(18)12(22-7)15-5-6(4-8(16)21-2)11(19)14-13(15)20/h5,7,9-10,12,17-18H,3-4H2,1-2H3,(H,14,19,20)/t7-,9?,10+,12-/m1/s1. The van der Waals surface area contributed by atoms with Crippen molar-refractivity contribution >= 4 is 5.97 Å². The highest BCUT2D eigenvalue weighted by atomic mass is 16.6. The zero-order chi connectivity index (χ0) is 16.4. The molecule has 1 aliphatic rings. The van der Waals surface area contributed by atoms with E-state index in [0.29, 0.717) is 6.42 Å². The second-order valence-electron chi connectivity index (χ2n) is 5.03. The number of aliphatic hydroxyl groups excluding tert-OH is 2. The highest BCUT2D eigenvalue weighted by molar-refractivity contribution is 5.72. The molecule has 9 nitrogen and oxygen atoms in total. The molecular formula is C13H18N2O7. The van der Waals surface area contributed by atoms with Crippen molar-refractivity contribution in [1.29, 1.82) is 0 Å². The van der Waals surface area contributed by atoms with Crippen LogP contribution in [0.15, 0.2) is 15.8 Å². The molecule has 1 aromatic rings. The lowest BCUT2D eigenvalue weighted by Gasteiger charge is -2.17. The summed E-state index contributed by atoms with van der Waals surface area (Å²) >= 11 is 0. The van der Waals surface area contributed by atoms with Crippen LogP contribution in [0.2, 0.25) is 0 Å². The van der Waals surface area contributed by atoms with Gasteiger partial charge >= 0.3 is 11.7 Å². The quantitative estimate of drug-likeness (QED) is 0.563. The number of aromatic nitrogens is 2. The van der Waals surface area contributed by atoms with Gasteiger partial charge < -0.3 is 19.7 Å². The molecular weight excluding hydrogens is 296 g/mol. The van der Waals surface area contributed by atoms with E-state index in [9.17, 15) is 24.6 Å². The molecule has 0 spiro atoms. The van der Waals surface area contributed by atoms with E-state index in [1.54, 1.807) is 6.92 Å². The summed E-state index contributed by atoms with van der Waals surface area (Å²) in [6.45, 7) is 1.77. The van der Waals surface area contributed by atoms with Gasteiger partial charge in [-0.05, 0) is 6.42 Å². The SMILES string of the molecule is CC[C@H]1O[C@@H](n2cc(CC(=O)OC)c(=O)[nH]c2=O)[C@@H](O)C1O. The van der Waals surface area contributed by atoms with E-state index in [2.05, 4.69) is 9.72 Å². The van der Waals surface area contributed by atoms with Crippen molar-refractivity contribution < 1.29 is 24.5 Å². The summed E-state index contributed by atoms with van der Waals surface area (Å²) in [6.07, 6.45) is -2.96. The van der Waals surface area contributed by atoms with Crippen LogP contribution in [0.1, 0.15) is 25.1 Å². The number of aromatic amines is 1. The first-order valence-corrected chi connectivity index (χ1v) is 6.81. The van der Waals surface area contributed by atoms with E-state index >= 15 is 0 Å². The third kappa shape index (κ3) is 2.96. The maximum atomic E-state index is 11.9. The normalized spacial score (nSPS) is 27.8. The number of nitrogens with zero attached hydrogens (tertiary/aromatic N) is 1. The maximum Gasteiger partial charge on any atom is 0.330 e. The Morgan fingerprint density at radius 1 is 1.41 bits per heavy atom. The first kappa shape index (κ1) is 16.4. The van der Waals surface area contributed by atoms with Crippen molar-refractivity contribution in [2.24, 2.45) is 0 Å². The largest absolute Gasteiger partial charge is 0.469 e. The van der Waals surface area contributed by atoms with E-state index in [4.69, 9.17) is 4.74 Å². The predicted molar refractivity (Wildman–Crippen MR) is 73.3 cm³/mol. The molecule has 1 aliphatic heterocycles. The Balaban J connectivity index is 2.39. The summed E-state index contributed by atoms with van der Waals surface area (Å²) in [6, 6.07) is 0. The van der Waals surface area contributed by atoms with E-state index in [-0.39, 0.29) is 12.0 Å². The van der Waals surface area contributed by atoms with Gasteiger partial charge in [-0.25, -0.2) is 4.79 Å². The molecule has 0 saturated carbocycles. The van der Waals surface area contributed by atoms with Gasteiger partial charge in [0, 0.05) is 11.8 Å². The Morgan fingerprint density at radius 2 is 2.09 bits per heavy atom. The summed E-state index contributed by atoms with van der Waals surface area (Å²) in [5.74, 6) is -0.643. The van der Waals surface area contributed by atoms with E-state index in [0.717, 1.165) is 10.8 Å². The second kappa shape index (κ2) is 6.42. The van der Waals surface area contributed by atoms with E-state index in [1.807, 2.05) is 0 Å². The fourth-order valence-electron chi connectivity index (χ4n) is 2.37. The van der Waals surface area contributed by atoms with Crippen LogP contribution in [0.25, 0.3) is 0 Å². The average molecular weight is 314 g/mol. The number of aliphatic hydroxyl groups is 2. The van der Waals surface area contributed by atoms with Gasteiger partial charge in [-0.15, -0.1) is 0 Å². The Hall–Kier alpha value is -1.97. The number of H-pyrrole nitrogens is 1. The number of carbonyl (C=O) groups excluding carboxylic acids is 1. The minimum atomic E-state index is -1.32. The Labute approximate surface area is 125 Å². The topological polar surface area (TPSA) is 131 Å². The minimum Gasteiger partial charge on any atom is -0.469 e. The zero-order valence-electron chi connectivity index (χ0n) is 12.2.